The SMILES string of the molecule is CCCCP(=O)(N=C=O)N=C=O. The van der Waals surface area contributed by atoms with E-state index in [9.17, 15) is 14.2 Å². The monoisotopic (exact) mass is 188 g/mol. The fourth-order valence-electron chi connectivity index (χ4n) is 0.614. The molecule has 5 nitrogen and oxygen atoms in total. The van der Waals surface area contributed by atoms with E-state index in [1.54, 1.807) is 0 Å². The zero-order chi connectivity index (χ0) is 9.45. The van der Waals surface area contributed by atoms with Crippen LogP contribution < -0.4 is 0 Å². The van der Waals surface area contributed by atoms with Crippen LogP contribution in [0, 0.1) is 0 Å². The molecule has 0 fully saturated rings. The summed E-state index contributed by atoms with van der Waals surface area (Å²) in [4.78, 5) is 19.6. The second-order valence-electron chi connectivity index (χ2n) is 2.12. The average Bonchev–Trinajstić information content (AvgIpc) is 2.02. The Hall–Kier alpha value is -1.01. The van der Waals surface area contributed by atoms with E-state index >= 15 is 0 Å². The second-order valence-corrected chi connectivity index (χ2v) is 4.30. The van der Waals surface area contributed by atoms with Gasteiger partial charge in [0, 0.05) is 6.16 Å². The van der Waals surface area contributed by atoms with E-state index in [-0.39, 0.29) is 6.16 Å². The van der Waals surface area contributed by atoms with Crippen LogP contribution in [0.25, 0.3) is 0 Å². The molecule has 0 radical (unpaired) electrons. The number of hydrogen-bond acceptors (Lipinski definition) is 3. The van der Waals surface area contributed by atoms with Crippen LogP contribution in [0.5, 0.6) is 0 Å². The lowest BCUT2D eigenvalue weighted by atomic mass is 10.4. The molecule has 0 saturated heterocycles. The van der Waals surface area contributed by atoms with Crippen LogP contribution in [0.4, 0.5) is 0 Å². The smallest absolute Gasteiger partial charge is 0.271 e. The number of hydrogen-bond donors (Lipinski definition) is 0. The van der Waals surface area contributed by atoms with Crippen molar-refractivity contribution < 1.29 is 14.2 Å². The molecule has 12 heavy (non-hydrogen) atoms. The Morgan fingerprint density at radius 1 is 1.25 bits per heavy atom. The van der Waals surface area contributed by atoms with E-state index in [0.717, 1.165) is 18.6 Å². The maximum atomic E-state index is 11.3. The molecule has 0 bridgehead atoms. The Morgan fingerprint density at radius 2 is 1.75 bits per heavy atom. The summed E-state index contributed by atoms with van der Waals surface area (Å²) in [5.41, 5.74) is 0. The van der Waals surface area contributed by atoms with Crippen LogP contribution in [-0.2, 0) is 14.2 Å². The summed E-state index contributed by atoms with van der Waals surface area (Å²) in [5.74, 6) is 0. The van der Waals surface area contributed by atoms with E-state index in [1.807, 2.05) is 6.92 Å². The molecule has 66 valence electrons. The first kappa shape index (κ1) is 11.0. The Bertz CT molecular complexity index is 255. The molecule has 0 unspecified atom stereocenters. The van der Waals surface area contributed by atoms with E-state index in [4.69, 9.17) is 0 Å². The minimum atomic E-state index is -3.33. The van der Waals surface area contributed by atoms with Gasteiger partial charge in [-0.05, 0) is 6.42 Å². The largest absolute Gasteiger partial charge is 0.319 e. The molecule has 0 aromatic rings. The standard InChI is InChI=1S/C6H9N2O3P/c1-2-3-4-12(11,7-5-9)8-6-10/h2-4H2,1H3. The van der Waals surface area contributed by atoms with Gasteiger partial charge < -0.3 is 0 Å². The molecule has 0 N–H and O–H groups in total. The molecule has 0 spiro atoms. The predicted molar refractivity (Wildman–Crippen MR) is 43.6 cm³/mol. The minimum Gasteiger partial charge on any atom is -0.271 e. The van der Waals surface area contributed by atoms with Crippen molar-refractivity contribution in [3.05, 3.63) is 0 Å². The molecule has 0 amide bonds. The summed E-state index contributed by atoms with van der Waals surface area (Å²) < 4.78 is 17.3. The number of rotatable bonds is 5. The predicted octanol–water partition coefficient (Wildman–Crippen LogP) is 1.65. The van der Waals surface area contributed by atoms with Crippen molar-refractivity contribution >= 4 is 19.6 Å². The lowest BCUT2D eigenvalue weighted by Crippen LogP contribution is -1.83. The van der Waals surface area contributed by atoms with Crippen molar-refractivity contribution in [2.45, 2.75) is 19.8 Å². The fourth-order valence-corrected chi connectivity index (χ4v) is 1.84. The molecule has 0 aliphatic rings. The van der Waals surface area contributed by atoms with Crippen LogP contribution in [0.2, 0.25) is 0 Å². The van der Waals surface area contributed by atoms with Gasteiger partial charge in [0.15, 0.2) is 0 Å². The lowest BCUT2D eigenvalue weighted by Gasteiger charge is -2.00. The summed E-state index contributed by atoms with van der Waals surface area (Å²) >= 11 is 0. The van der Waals surface area contributed by atoms with Gasteiger partial charge in [0.05, 0.1) is 0 Å². The highest BCUT2D eigenvalue weighted by atomic mass is 31.2. The third-order valence-corrected chi connectivity index (χ3v) is 2.88. The van der Waals surface area contributed by atoms with Crippen LogP contribution in [0.3, 0.4) is 0 Å². The number of carbonyl (C=O) groups excluding carboxylic acids is 2. The summed E-state index contributed by atoms with van der Waals surface area (Å²) in [5, 5.41) is 0. The van der Waals surface area contributed by atoms with Gasteiger partial charge in [0.2, 0.25) is 12.2 Å². The quantitative estimate of drug-likeness (QED) is 0.374. The molecular formula is C6H9N2O3P. The van der Waals surface area contributed by atoms with E-state index in [0.29, 0.717) is 6.42 Å². The molecular weight excluding hydrogens is 179 g/mol. The van der Waals surface area contributed by atoms with Crippen molar-refractivity contribution in [3.63, 3.8) is 0 Å². The van der Waals surface area contributed by atoms with Gasteiger partial charge in [-0.2, -0.15) is 0 Å². The second kappa shape index (κ2) is 5.62. The van der Waals surface area contributed by atoms with E-state index in [1.165, 1.54) is 0 Å². The van der Waals surface area contributed by atoms with Crippen molar-refractivity contribution in [1.82, 2.24) is 0 Å². The first-order valence-electron chi connectivity index (χ1n) is 3.46. The van der Waals surface area contributed by atoms with Gasteiger partial charge in [0.1, 0.15) is 0 Å². The van der Waals surface area contributed by atoms with Crippen LogP contribution in [-0.4, -0.2) is 18.3 Å². The highest BCUT2D eigenvalue weighted by Crippen LogP contribution is 2.48. The average molecular weight is 188 g/mol. The van der Waals surface area contributed by atoms with Gasteiger partial charge in [-0.15, -0.1) is 9.53 Å². The highest BCUT2D eigenvalue weighted by molar-refractivity contribution is 7.61. The van der Waals surface area contributed by atoms with Gasteiger partial charge in [-0.1, -0.05) is 13.3 Å². The maximum absolute atomic E-state index is 11.3. The summed E-state index contributed by atoms with van der Waals surface area (Å²) in [6.45, 7) is 1.89. The molecule has 0 aromatic carbocycles. The summed E-state index contributed by atoms with van der Waals surface area (Å²) in [6.07, 6.45) is 3.82. The zero-order valence-corrected chi connectivity index (χ0v) is 7.58. The maximum Gasteiger partial charge on any atom is 0.319 e. The van der Waals surface area contributed by atoms with Crippen molar-refractivity contribution in [2.75, 3.05) is 6.16 Å². The normalized spacial score (nSPS) is 13.8. The highest BCUT2D eigenvalue weighted by Gasteiger charge is 2.18. The number of nitrogens with zero attached hydrogens (tertiary/aromatic N) is 2. The fraction of sp³-hybridized carbons (Fsp3) is 0.667. The third-order valence-electron chi connectivity index (χ3n) is 1.20. The molecule has 0 aliphatic carbocycles. The summed E-state index contributed by atoms with van der Waals surface area (Å²) in [6, 6.07) is 0. The van der Waals surface area contributed by atoms with E-state index < -0.39 is 7.44 Å². The molecule has 0 atom stereocenters. The molecule has 0 aliphatic heterocycles. The molecule has 6 heteroatoms. The molecule has 0 heterocycles. The van der Waals surface area contributed by atoms with Crippen LogP contribution >= 0.6 is 7.44 Å². The van der Waals surface area contributed by atoms with Crippen molar-refractivity contribution in [3.8, 4) is 0 Å². The van der Waals surface area contributed by atoms with Crippen molar-refractivity contribution in [2.24, 2.45) is 9.53 Å². The Kier molecular flexibility index (Phi) is 5.14. The van der Waals surface area contributed by atoms with Crippen LogP contribution in [0.1, 0.15) is 19.8 Å². The van der Waals surface area contributed by atoms with Crippen molar-refractivity contribution in [1.29, 1.82) is 0 Å². The molecule has 0 rings (SSSR count). The van der Waals surface area contributed by atoms with E-state index in [2.05, 4.69) is 9.53 Å². The Labute approximate surface area is 70.1 Å². The number of unbranched alkanes of at least 4 members (excludes halogenated alkanes) is 1. The van der Waals surface area contributed by atoms with Crippen LogP contribution in [0.15, 0.2) is 9.53 Å². The molecule has 0 aromatic heterocycles. The first-order valence-corrected chi connectivity index (χ1v) is 5.26. The third kappa shape index (κ3) is 3.99. The zero-order valence-electron chi connectivity index (χ0n) is 6.69. The van der Waals surface area contributed by atoms with Gasteiger partial charge in [-0.25, -0.2) is 9.59 Å². The summed E-state index contributed by atoms with van der Waals surface area (Å²) in [7, 11) is -3.33. The minimum absolute atomic E-state index is 0.133. The Morgan fingerprint density at radius 3 is 2.08 bits per heavy atom. The van der Waals surface area contributed by atoms with Gasteiger partial charge >= 0.3 is 7.44 Å². The lowest BCUT2D eigenvalue weighted by molar-refractivity contribution is 0.557. The molecule has 0 saturated carbocycles. The number of isocyanates is 2. The first-order chi connectivity index (χ1) is 5.68. The Balaban J connectivity index is 4.50. The van der Waals surface area contributed by atoms with Gasteiger partial charge in [-0.3, -0.25) is 4.57 Å². The topological polar surface area (TPSA) is 75.9 Å². The van der Waals surface area contributed by atoms with Gasteiger partial charge in [0.25, 0.3) is 0 Å².